The number of nitrogens with zero attached hydrogens (tertiary/aromatic N) is 1. The molecule has 2 aromatic carbocycles. The van der Waals surface area contributed by atoms with Crippen molar-refractivity contribution in [2.45, 2.75) is 11.8 Å². The van der Waals surface area contributed by atoms with Crippen LogP contribution in [0, 0.1) is 6.92 Å². The van der Waals surface area contributed by atoms with Gasteiger partial charge in [-0.2, -0.15) is 4.31 Å². The fourth-order valence-electron chi connectivity index (χ4n) is 3.03. The molecule has 1 aliphatic heterocycles. The van der Waals surface area contributed by atoms with Crippen molar-refractivity contribution in [2.24, 2.45) is 0 Å². The molecule has 0 aromatic heterocycles. The molecule has 166 valence electrons. The summed E-state index contributed by atoms with van der Waals surface area (Å²) in [6.07, 6.45) is 0. The Kier molecular flexibility index (Phi) is 7.26. The summed E-state index contributed by atoms with van der Waals surface area (Å²) in [5.41, 5.74) is 1.48. The van der Waals surface area contributed by atoms with Crippen molar-refractivity contribution < 1.29 is 32.2 Å². The smallest absolute Gasteiger partial charge is 0.337 e. The minimum absolute atomic E-state index is 0.175. The topological polar surface area (TPSA) is 111 Å². The number of carbonyl (C=O) groups is 2. The molecule has 0 saturated carbocycles. The molecule has 0 bridgehead atoms. The Morgan fingerprint density at radius 1 is 1.10 bits per heavy atom. The summed E-state index contributed by atoms with van der Waals surface area (Å²) < 4.78 is 42.3. The zero-order valence-electron chi connectivity index (χ0n) is 17.3. The number of sulfonamides is 1. The van der Waals surface area contributed by atoms with Gasteiger partial charge < -0.3 is 19.5 Å². The molecule has 1 fully saturated rings. The molecule has 3 rings (SSSR count). The van der Waals surface area contributed by atoms with E-state index < -0.39 is 21.9 Å². The van der Waals surface area contributed by atoms with Gasteiger partial charge in [0.05, 0.1) is 30.8 Å². The number of amides is 1. The highest BCUT2D eigenvalue weighted by Gasteiger charge is 2.26. The van der Waals surface area contributed by atoms with Crippen LogP contribution >= 0.6 is 0 Å². The van der Waals surface area contributed by atoms with E-state index in [0.29, 0.717) is 48.9 Å². The first kappa shape index (κ1) is 22.7. The van der Waals surface area contributed by atoms with Crippen LogP contribution in [0.25, 0.3) is 0 Å². The number of aryl methyl sites for hydroxylation is 1. The Morgan fingerprint density at radius 2 is 1.77 bits per heavy atom. The Balaban J connectivity index is 1.59. The van der Waals surface area contributed by atoms with Gasteiger partial charge in [0.2, 0.25) is 10.0 Å². The SMILES string of the molecule is COC(=O)c1ccc(NC(=O)COc2ccc(S(=O)(=O)N3CCOCC3)cc2C)cc1. The fourth-order valence-corrected chi connectivity index (χ4v) is 4.52. The van der Waals surface area contributed by atoms with Crippen LogP contribution in [0.1, 0.15) is 15.9 Å². The normalized spacial score (nSPS) is 14.6. The van der Waals surface area contributed by atoms with Gasteiger partial charge in [0.25, 0.3) is 5.91 Å². The van der Waals surface area contributed by atoms with Crippen molar-refractivity contribution >= 4 is 27.6 Å². The predicted octanol–water partition coefficient (Wildman–Crippen LogP) is 1.82. The first-order valence-electron chi connectivity index (χ1n) is 9.61. The molecule has 9 nitrogen and oxygen atoms in total. The highest BCUT2D eigenvalue weighted by Crippen LogP contribution is 2.24. The van der Waals surface area contributed by atoms with Crippen LogP contribution in [0.2, 0.25) is 0 Å². The number of carbonyl (C=O) groups excluding carboxylic acids is 2. The predicted molar refractivity (Wildman–Crippen MR) is 113 cm³/mol. The van der Waals surface area contributed by atoms with Gasteiger partial charge in [0, 0.05) is 18.8 Å². The number of nitrogens with one attached hydrogen (secondary N) is 1. The average Bonchev–Trinajstić information content (AvgIpc) is 2.78. The minimum atomic E-state index is -3.60. The second-order valence-electron chi connectivity index (χ2n) is 6.85. The Labute approximate surface area is 181 Å². The third-order valence-electron chi connectivity index (χ3n) is 4.70. The van der Waals surface area contributed by atoms with Gasteiger partial charge >= 0.3 is 5.97 Å². The molecule has 1 aliphatic rings. The molecular weight excluding hydrogens is 424 g/mol. The maximum absolute atomic E-state index is 12.7. The van der Waals surface area contributed by atoms with Crippen LogP contribution in [0.3, 0.4) is 0 Å². The second-order valence-corrected chi connectivity index (χ2v) is 8.79. The average molecular weight is 448 g/mol. The van der Waals surface area contributed by atoms with Crippen LogP contribution in [-0.2, 0) is 24.3 Å². The first-order valence-corrected chi connectivity index (χ1v) is 11.0. The maximum atomic E-state index is 12.7. The molecule has 0 atom stereocenters. The Bertz CT molecular complexity index is 1050. The molecule has 0 radical (unpaired) electrons. The third-order valence-corrected chi connectivity index (χ3v) is 6.60. The molecule has 1 amide bonds. The summed E-state index contributed by atoms with van der Waals surface area (Å²) in [7, 11) is -2.31. The summed E-state index contributed by atoms with van der Waals surface area (Å²) in [5.74, 6) is -0.442. The standard InChI is InChI=1S/C21H24N2O7S/c1-15-13-18(31(26,27)23-9-11-29-12-10-23)7-8-19(15)30-14-20(24)22-17-5-3-16(4-6-17)21(25)28-2/h3-8,13H,9-12,14H2,1-2H3,(H,22,24). The van der Waals surface area contributed by atoms with E-state index in [4.69, 9.17) is 9.47 Å². The monoisotopic (exact) mass is 448 g/mol. The van der Waals surface area contributed by atoms with E-state index in [0.717, 1.165) is 0 Å². The van der Waals surface area contributed by atoms with Crippen molar-refractivity contribution in [2.75, 3.05) is 45.3 Å². The summed E-state index contributed by atoms with van der Waals surface area (Å²) in [6, 6.07) is 10.8. The Morgan fingerprint density at radius 3 is 2.39 bits per heavy atom. The molecule has 0 spiro atoms. The van der Waals surface area contributed by atoms with Crippen molar-refractivity contribution in [3.63, 3.8) is 0 Å². The number of hydrogen-bond donors (Lipinski definition) is 1. The summed E-state index contributed by atoms with van der Waals surface area (Å²) >= 11 is 0. The van der Waals surface area contributed by atoms with E-state index in [9.17, 15) is 18.0 Å². The number of benzene rings is 2. The van der Waals surface area contributed by atoms with Gasteiger partial charge in [-0.1, -0.05) is 0 Å². The van der Waals surface area contributed by atoms with Crippen molar-refractivity contribution in [1.29, 1.82) is 0 Å². The molecule has 2 aromatic rings. The van der Waals surface area contributed by atoms with E-state index in [1.165, 1.54) is 23.5 Å². The van der Waals surface area contributed by atoms with E-state index in [2.05, 4.69) is 10.1 Å². The second kappa shape index (κ2) is 9.90. The first-order chi connectivity index (χ1) is 14.8. The zero-order chi connectivity index (χ0) is 22.4. The maximum Gasteiger partial charge on any atom is 0.337 e. The lowest BCUT2D eigenvalue weighted by Gasteiger charge is -2.26. The minimum Gasteiger partial charge on any atom is -0.483 e. The molecular formula is C21H24N2O7S. The lowest BCUT2D eigenvalue weighted by atomic mass is 10.2. The summed E-state index contributed by atoms with van der Waals surface area (Å²) in [6.45, 7) is 2.85. The third kappa shape index (κ3) is 5.60. The number of methoxy groups -OCH3 is 1. The van der Waals surface area contributed by atoms with E-state index in [1.807, 2.05) is 0 Å². The van der Waals surface area contributed by atoms with Crippen LogP contribution in [0.15, 0.2) is 47.4 Å². The number of anilines is 1. The number of esters is 1. The van der Waals surface area contributed by atoms with Crippen LogP contribution in [0.4, 0.5) is 5.69 Å². The number of morpholine rings is 1. The van der Waals surface area contributed by atoms with Crippen LogP contribution in [-0.4, -0.2) is 64.6 Å². The van der Waals surface area contributed by atoms with Crippen molar-refractivity contribution in [3.05, 3.63) is 53.6 Å². The molecule has 1 N–H and O–H groups in total. The molecule has 1 saturated heterocycles. The fraction of sp³-hybridized carbons (Fsp3) is 0.333. The van der Waals surface area contributed by atoms with E-state index in [1.54, 1.807) is 37.3 Å². The van der Waals surface area contributed by atoms with E-state index in [-0.39, 0.29) is 11.5 Å². The van der Waals surface area contributed by atoms with Gasteiger partial charge in [0.1, 0.15) is 5.75 Å². The molecule has 31 heavy (non-hydrogen) atoms. The molecule has 0 unspecified atom stereocenters. The lowest BCUT2D eigenvalue weighted by Crippen LogP contribution is -2.40. The van der Waals surface area contributed by atoms with Crippen molar-refractivity contribution in [1.82, 2.24) is 4.31 Å². The summed E-state index contributed by atoms with van der Waals surface area (Å²) in [5, 5.41) is 2.66. The highest BCUT2D eigenvalue weighted by molar-refractivity contribution is 7.89. The van der Waals surface area contributed by atoms with Crippen LogP contribution in [0.5, 0.6) is 5.75 Å². The number of ether oxygens (including phenoxy) is 3. The lowest BCUT2D eigenvalue weighted by molar-refractivity contribution is -0.118. The quantitative estimate of drug-likeness (QED) is 0.643. The highest BCUT2D eigenvalue weighted by atomic mass is 32.2. The van der Waals surface area contributed by atoms with Gasteiger partial charge in [-0.25, -0.2) is 13.2 Å². The number of rotatable bonds is 7. The number of hydrogen-bond acceptors (Lipinski definition) is 7. The van der Waals surface area contributed by atoms with Crippen LogP contribution < -0.4 is 10.1 Å². The molecule has 10 heteroatoms. The van der Waals surface area contributed by atoms with Gasteiger partial charge in [-0.15, -0.1) is 0 Å². The van der Waals surface area contributed by atoms with Gasteiger partial charge in [0.15, 0.2) is 6.61 Å². The summed E-state index contributed by atoms with van der Waals surface area (Å²) in [4.78, 5) is 23.8. The Hall–Kier alpha value is -2.95. The van der Waals surface area contributed by atoms with Crippen molar-refractivity contribution in [3.8, 4) is 5.75 Å². The van der Waals surface area contributed by atoms with Gasteiger partial charge in [-0.3, -0.25) is 4.79 Å². The molecule has 1 heterocycles. The van der Waals surface area contributed by atoms with E-state index >= 15 is 0 Å². The molecule has 0 aliphatic carbocycles. The van der Waals surface area contributed by atoms with Gasteiger partial charge in [-0.05, 0) is 55.0 Å². The largest absolute Gasteiger partial charge is 0.483 e. The zero-order valence-corrected chi connectivity index (χ0v) is 18.1.